The molecule has 1 unspecified atom stereocenters. The third kappa shape index (κ3) is 3.80. The molecule has 5 heteroatoms. The van der Waals surface area contributed by atoms with Gasteiger partial charge < -0.3 is 10.1 Å². The van der Waals surface area contributed by atoms with Gasteiger partial charge in [-0.05, 0) is 57.6 Å². The van der Waals surface area contributed by atoms with Gasteiger partial charge in [0.1, 0.15) is 0 Å². The van der Waals surface area contributed by atoms with E-state index in [1.807, 2.05) is 20.9 Å². The van der Waals surface area contributed by atoms with Crippen molar-refractivity contribution < 1.29 is 4.74 Å². The fourth-order valence-corrected chi connectivity index (χ4v) is 2.87. The van der Waals surface area contributed by atoms with Gasteiger partial charge in [0.2, 0.25) is 0 Å². The van der Waals surface area contributed by atoms with E-state index in [1.165, 1.54) is 5.69 Å². The van der Waals surface area contributed by atoms with Gasteiger partial charge in [-0.3, -0.25) is 4.68 Å². The number of rotatable bonds is 7. The van der Waals surface area contributed by atoms with Crippen LogP contribution in [0.2, 0.25) is 0 Å². The highest BCUT2D eigenvalue weighted by Gasteiger charge is 2.30. The van der Waals surface area contributed by atoms with Crippen LogP contribution in [0, 0.1) is 6.92 Å². The molecule has 1 N–H and O–H groups in total. The van der Waals surface area contributed by atoms with E-state index >= 15 is 0 Å². The Balaban J connectivity index is 2.99. The Morgan fingerprint density at radius 3 is 2.53 bits per heavy atom. The van der Waals surface area contributed by atoms with Gasteiger partial charge in [-0.2, -0.15) is 5.10 Å². The number of nitrogens with one attached hydrogen (secondary N) is 1. The van der Waals surface area contributed by atoms with Gasteiger partial charge in [0.25, 0.3) is 0 Å². The van der Waals surface area contributed by atoms with Crippen molar-refractivity contribution in [3.05, 3.63) is 15.9 Å². The molecule has 0 fully saturated rings. The molecule has 0 saturated carbocycles. The maximum Gasteiger partial charge on any atom is 0.0782 e. The van der Waals surface area contributed by atoms with Crippen LogP contribution in [0.15, 0.2) is 4.47 Å². The molecule has 4 nitrogen and oxygen atoms in total. The predicted octanol–water partition coefficient (Wildman–Crippen LogP) is 2.92. The van der Waals surface area contributed by atoms with E-state index in [9.17, 15) is 0 Å². The van der Waals surface area contributed by atoms with E-state index in [0.717, 1.165) is 29.7 Å². The summed E-state index contributed by atoms with van der Waals surface area (Å²) in [7, 11) is 1.98. The highest BCUT2D eigenvalue weighted by molar-refractivity contribution is 9.10. The maximum atomic E-state index is 5.87. The van der Waals surface area contributed by atoms with E-state index in [1.54, 1.807) is 0 Å². The molecular weight excluding hydrogens is 306 g/mol. The summed E-state index contributed by atoms with van der Waals surface area (Å²) < 4.78 is 9.04. The molecule has 1 aromatic heterocycles. The van der Waals surface area contributed by atoms with E-state index in [2.05, 4.69) is 51.8 Å². The van der Waals surface area contributed by atoms with E-state index in [-0.39, 0.29) is 11.6 Å². The lowest BCUT2D eigenvalue weighted by Crippen LogP contribution is -2.49. The molecule has 0 bridgehead atoms. The van der Waals surface area contributed by atoms with E-state index in [0.29, 0.717) is 0 Å². The summed E-state index contributed by atoms with van der Waals surface area (Å²) in [6.45, 7) is 12.0. The topological polar surface area (TPSA) is 39.1 Å². The minimum atomic E-state index is -0.209. The van der Waals surface area contributed by atoms with Gasteiger partial charge in [-0.1, -0.05) is 0 Å². The van der Waals surface area contributed by atoms with Crippen molar-refractivity contribution in [2.24, 2.45) is 0 Å². The predicted molar refractivity (Wildman–Crippen MR) is 82.6 cm³/mol. The fourth-order valence-electron chi connectivity index (χ4n) is 2.43. The van der Waals surface area contributed by atoms with Gasteiger partial charge in [-0.25, -0.2) is 0 Å². The number of aryl methyl sites for hydroxylation is 2. The van der Waals surface area contributed by atoms with Crippen LogP contribution < -0.4 is 5.32 Å². The summed E-state index contributed by atoms with van der Waals surface area (Å²) in [4.78, 5) is 0. The Labute approximate surface area is 125 Å². The smallest absolute Gasteiger partial charge is 0.0782 e. The van der Waals surface area contributed by atoms with E-state index in [4.69, 9.17) is 4.74 Å². The second-order valence-electron chi connectivity index (χ2n) is 5.24. The van der Waals surface area contributed by atoms with Crippen LogP contribution >= 0.6 is 15.9 Å². The van der Waals surface area contributed by atoms with Crippen LogP contribution in [0.4, 0.5) is 0 Å². The zero-order valence-electron chi connectivity index (χ0n) is 12.9. The van der Waals surface area contributed by atoms with Crippen LogP contribution in [0.3, 0.4) is 0 Å². The molecule has 0 aromatic carbocycles. The monoisotopic (exact) mass is 331 g/mol. The van der Waals surface area contributed by atoms with Crippen LogP contribution in [-0.2, 0) is 17.7 Å². The van der Waals surface area contributed by atoms with Gasteiger partial charge in [0.05, 0.1) is 21.5 Å². The third-order valence-corrected chi connectivity index (χ3v) is 4.59. The minimum Gasteiger partial charge on any atom is -0.374 e. The Morgan fingerprint density at radius 2 is 2.05 bits per heavy atom. The van der Waals surface area contributed by atoms with Crippen molar-refractivity contribution in [2.45, 2.75) is 59.2 Å². The number of hydrogen-bond donors (Lipinski definition) is 1. The van der Waals surface area contributed by atoms with Crippen LogP contribution in [0.25, 0.3) is 0 Å². The average molecular weight is 332 g/mol. The summed E-state index contributed by atoms with van der Waals surface area (Å²) in [6, 6.07) is 0.241. The zero-order valence-corrected chi connectivity index (χ0v) is 14.5. The molecule has 0 radical (unpaired) electrons. The van der Waals surface area contributed by atoms with Crippen LogP contribution in [-0.4, -0.2) is 35.1 Å². The SMILES string of the molecule is CCOC(C)(C)C(Cc1c(Br)c(C)nn1CC)NC. The number of nitrogens with zero attached hydrogens (tertiary/aromatic N) is 2. The average Bonchev–Trinajstić information content (AvgIpc) is 2.62. The molecule has 1 rings (SSSR count). The second kappa shape index (κ2) is 6.86. The van der Waals surface area contributed by atoms with Crippen molar-refractivity contribution in [2.75, 3.05) is 13.7 Å². The molecule has 0 aliphatic rings. The molecule has 0 saturated heterocycles. The Bertz CT molecular complexity index is 415. The number of aromatic nitrogens is 2. The first-order valence-electron chi connectivity index (χ1n) is 6.90. The largest absolute Gasteiger partial charge is 0.374 e. The lowest BCUT2D eigenvalue weighted by molar-refractivity contribution is -0.0367. The lowest BCUT2D eigenvalue weighted by Gasteiger charge is -2.34. The summed E-state index contributed by atoms with van der Waals surface area (Å²) in [6.07, 6.45) is 0.888. The van der Waals surface area contributed by atoms with Crippen molar-refractivity contribution in [3.63, 3.8) is 0 Å². The minimum absolute atomic E-state index is 0.209. The summed E-state index contributed by atoms with van der Waals surface area (Å²) in [5.74, 6) is 0. The molecule has 1 atom stereocenters. The second-order valence-corrected chi connectivity index (χ2v) is 6.04. The molecule has 110 valence electrons. The molecular formula is C14H26BrN3O. The number of hydrogen-bond acceptors (Lipinski definition) is 3. The first kappa shape index (κ1) is 16.7. The lowest BCUT2D eigenvalue weighted by atomic mass is 9.94. The summed E-state index contributed by atoms with van der Waals surface area (Å²) in [5, 5.41) is 7.92. The Kier molecular flexibility index (Phi) is 6.02. The van der Waals surface area contributed by atoms with Gasteiger partial charge in [0, 0.05) is 25.6 Å². The van der Waals surface area contributed by atoms with Gasteiger partial charge in [0.15, 0.2) is 0 Å². The maximum absolute atomic E-state index is 5.87. The summed E-state index contributed by atoms with van der Waals surface area (Å²) >= 11 is 3.65. The van der Waals surface area contributed by atoms with Crippen molar-refractivity contribution in [1.29, 1.82) is 0 Å². The number of halogens is 1. The molecule has 1 aromatic rings. The molecule has 0 amide bonds. The standard InChI is InChI=1S/C14H26BrN3O/c1-7-18-11(13(15)10(3)17-18)9-12(16-6)14(4,5)19-8-2/h12,16H,7-9H2,1-6H3. The normalized spacial score (nSPS) is 13.8. The molecule has 1 heterocycles. The molecule has 0 spiro atoms. The number of ether oxygens (including phenoxy) is 1. The highest BCUT2D eigenvalue weighted by atomic mass is 79.9. The fraction of sp³-hybridized carbons (Fsp3) is 0.786. The third-order valence-electron chi connectivity index (χ3n) is 3.55. The van der Waals surface area contributed by atoms with Crippen LogP contribution in [0.5, 0.6) is 0 Å². The van der Waals surface area contributed by atoms with Crippen molar-refractivity contribution >= 4 is 15.9 Å². The summed E-state index contributed by atoms with van der Waals surface area (Å²) in [5.41, 5.74) is 2.06. The number of likely N-dealkylation sites (N-methyl/N-ethyl adjacent to an activating group) is 1. The zero-order chi connectivity index (χ0) is 14.6. The molecule has 0 aliphatic heterocycles. The molecule has 0 aliphatic carbocycles. The first-order valence-corrected chi connectivity index (χ1v) is 7.69. The van der Waals surface area contributed by atoms with Crippen LogP contribution in [0.1, 0.15) is 39.1 Å². The molecule has 19 heavy (non-hydrogen) atoms. The Hall–Kier alpha value is -0.390. The Morgan fingerprint density at radius 1 is 1.42 bits per heavy atom. The van der Waals surface area contributed by atoms with E-state index < -0.39 is 0 Å². The van der Waals surface area contributed by atoms with Gasteiger partial charge in [-0.15, -0.1) is 0 Å². The first-order chi connectivity index (χ1) is 8.87. The van der Waals surface area contributed by atoms with Gasteiger partial charge >= 0.3 is 0 Å². The highest BCUT2D eigenvalue weighted by Crippen LogP contribution is 2.26. The van der Waals surface area contributed by atoms with Crippen molar-refractivity contribution in [3.8, 4) is 0 Å². The quantitative estimate of drug-likeness (QED) is 0.834. The van der Waals surface area contributed by atoms with Crippen molar-refractivity contribution in [1.82, 2.24) is 15.1 Å².